The van der Waals surface area contributed by atoms with Gasteiger partial charge in [-0.3, -0.25) is 4.57 Å². The van der Waals surface area contributed by atoms with Gasteiger partial charge in [-0.05, 0) is 32.0 Å². The van der Waals surface area contributed by atoms with Crippen molar-refractivity contribution in [3.8, 4) is 5.82 Å². The number of nitrogens with one attached hydrogen (secondary N) is 1. The Hall–Kier alpha value is -3.63. The molecule has 0 spiro atoms. The van der Waals surface area contributed by atoms with Crippen LogP contribution in [0.3, 0.4) is 0 Å². The molecule has 3 aromatic rings. The van der Waals surface area contributed by atoms with Gasteiger partial charge in [0.05, 0.1) is 11.3 Å². The molecular weight excluding hydrogens is 423 g/mol. The zero-order valence-electron chi connectivity index (χ0n) is 17.6. The molecule has 0 saturated carbocycles. The van der Waals surface area contributed by atoms with Crippen LogP contribution in [0, 0.1) is 13.8 Å². The summed E-state index contributed by atoms with van der Waals surface area (Å²) in [6.07, 6.45) is -1.25. The van der Waals surface area contributed by atoms with E-state index < -0.39 is 17.8 Å². The van der Waals surface area contributed by atoms with E-state index in [1.165, 1.54) is 18.5 Å². The monoisotopic (exact) mass is 445 g/mol. The fourth-order valence-electron chi connectivity index (χ4n) is 3.49. The standard InChI is InChI=1S/C21H22F3N7O/c1-14-15(2)31(13-27-14)19-11-18(25-12-26-19)29-6-8-30(9-7-29)20(32)28-17-5-3-4-16(10-17)21(22,23)24/h3-5,10-13H,6-9H2,1-2H3,(H,28,32). The molecule has 1 aromatic carbocycles. The molecule has 0 aliphatic carbocycles. The van der Waals surface area contributed by atoms with Crippen LogP contribution >= 0.6 is 0 Å². The van der Waals surface area contributed by atoms with E-state index in [4.69, 9.17) is 0 Å². The van der Waals surface area contributed by atoms with Gasteiger partial charge in [0.2, 0.25) is 0 Å². The Kier molecular flexibility index (Phi) is 5.72. The van der Waals surface area contributed by atoms with E-state index in [0.717, 1.165) is 29.3 Å². The Labute approximate surface area is 182 Å². The molecule has 1 aliphatic heterocycles. The van der Waals surface area contributed by atoms with Gasteiger partial charge in [-0.25, -0.2) is 19.7 Å². The molecule has 3 heterocycles. The number of aromatic nitrogens is 4. The maximum absolute atomic E-state index is 12.9. The minimum absolute atomic E-state index is 0.110. The molecule has 168 valence electrons. The fourth-order valence-corrected chi connectivity index (χ4v) is 3.49. The molecule has 2 amide bonds. The van der Waals surface area contributed by atoms with Gasteiger partial charge < -0.3 is 15.1 Å². The van der Waals surface area contributed by atoms with Crippen LogP contribution < -0.4 is 10.2 Å². The number of hydrogen-bond donors (Lipinski definition) is 1. The second kappa shape index (κ2) is 8.48. The van der Waals surface area contributed by atoms with Gasteiger partial charge in [0, 0.05) is 43.6 Å². The Morgan fingerprint density at radius 3 is 2.38 bits per heavy atom. The van der Waals surface area contributed by atoms with E-state index in [1.807, 2.05) is 29.4 Å². The molecular formula is C21H22F3N7O. The molecule has 8 nitrogen and oxygen atoms in total. The van der Waals surface area contributed by atoms with E-state index in [-0.39, 0.29) is 5.69 Å². The molecule has 4 rings (SSSR count). The lowest BCUT2D eigenvalue weighted by Gasteiger charge is -2.35. The second-order valence-corrected chi connectivity index (χ2v) is 7.50. The van der Waals surface area contributed by atoms with Gasteiger partial charge in [-0.15, -0.1) is 0 Å². The number of urea groups is 1. The van der Waals surface area contributed by atoms with Crippen molar-refractivity contribution in [2.75, 3.05) is 36.4 Å². The van der Waals surface area contributed by atoms with Crippen molar-refractivity contribution in [2.24, 2.45) is 0 Å². The van der Waals surface area contributed by atoms with Gasteiger partial charge in [0.25, 0.3) is 0 Å². The Balaban J connectivity index is 1.39. The number of amides is 2. The van der Waals surface area contributed by atoms with Crippen molar-refractivity contribution in [1.29, 1.82) is 0 Å². The van der Waals surface area contributed by atoms with Crippen LogP contribution in [0.15, 0.2) is 43.0 Å². The lowest BCUT2D eigenvalue weighted by atomic mass is 10.2. The first kappa shape index (κ1) is 21.6. The zero-order chi connectivity index (χ0) is 22.9. The number of halogens is 3. The predicted octanol–water partition coefficient (Wildman–Crippen LogP) is 3.65. The average molecular weight is 445 g/mol. The number of rotatable bonds is 3. The number of imidazole rings is 1. The third-order valence-electron chi connectivity index (χ3n) is 5.47. The molecule has 11 heteroatoms. The topological polar surface area (TPSA) is 79.2 Å². The summed E-state index contributed by atoms with van der Waals surface area (Å²) >= 11 is 0. The summed E-state index contributed by atoms with van der Waals surface area (Å²) in [5.41, 5.74) is 1.22. The number of piperazine rings is 1. The van der Waals surface area contributed by atoms with Crippen molar-refractivity contribution in [3.63, 3.8) is 0 Å². The van der Waals surface area contributed by atoms with Crippen LogP contribution in [0.25, 0.3) is 5.82 Å². The van der Waals surface area contributed by atoms with Crippen molar-refractivity contribution in [2.45, 2.75) is 20.0 Å². The van der Waals surface area contributed by atoms with Gasteiger partial charge in [-0.2, -0.15) is 13.2 Å². The molecule has 0 radical (unpaired) electrons. The summed E-state index contributed by atoms with van der Waals surface area (Å²) < 4.78 is 40.5. The van der Waals surface area contributed by atoms with Crippen molar-refractivity contribution in [1.82, 2.24) is 24.4 Å². The third kappa shape index (κ3) is 4.51. The van der Waals surface area contributed by atoms with Crippen LogP contribution in [0.1, 0.15) is 17.0 Å². The number of hydrogen-bond acceptors (Lipinski definition) is 5. The quantitative estimate of drug-likeness (QED) is 0.666. The highest BCUT2D eigenvalue weighted by Crippen LogP contribution is 2.30. The van der Waals surface area contributed by atoms with Crippen molar-refractivity contribution in [3.05, 3.63) is 59.9 Å². The van der Waals surface area contributed by atoms with E-state index in [9.17, 15) is 18.0 Å². The van der Waals surface area contributed by atoms with E-state index >= 15 is 0 Å². The first-order chi connectivity index (χ1) is 15.2. The number of anilines is 2. The lowest BCUT2D eigenvalue weighted by molar-refractivity contribution is -0.137. The second-order valence-electron chi connectivity index (χ2n) is 7.50. The lowest BCUT2D eigenvalue weighted by Crippen LogP contribution is -2.50. The van der Waals surface area contributed by atoms with Crippen molar-refractivity contribution >= 4 is 17.5 Å². The molecule has 32 heavy (non-hydrogen) atoms. The van der Waals surface area contributed by atoms with Crippen LogP contribution in [0.2, 0.25) is 0 Å². The molecule has 0 bridgehead atoms. The van der Waals surface area contributed by atoms with Crippen LogP contribution in [-0.4, -0.2) is 56.6 Å². The van der Waals surface area contributed by atoms with Crippen LogP contribution in [-0.2, 0) is 6.18 Å². The molecule has 1 saturated heterocycles. The highest BCUT2D eigenvalue weighted by atomic mass is 19.4. The van der Waals surface area contributed by atoms with E-state index in [2.05, 4.69) is 20.3 Å². The Bertz CT molecular complexity index is 1120. The first-order valence-electron chi connectivity index (χ1n) is 10.0. The maximum Gasteiger partial charge on any atom is 0.416 e. The Morgan fingerprint density at radius 1 is 1.00 bits per heavy atom. The number of carbonyl (C=O) groups excluding carboxylic acids is 1. The zero-order valence-corrected chi connectivity index (χ0v) is 17.6. The molecule has 1 fully saturated rings. The van der Waals surface area contributed by atoms with Gasteiger partial charge in [-0.1, -0.05) is 6.07 Å². The predicted molar refractivity (Wildman–Crippen MR) is 113 cm³/mol. The number of nitrogens with zero attached hydrogens (tertiary/aromatic N) is 6. The number of carbonyl (C=O) groups is 1. The molecule has 1 N–H and O–H groups in total. The number of benzene rings is 1. The SMILES string of the molecule is Cc1ncn(-c2cc(N3CCN(C(=O)Nc4cccc(C(F)(F)F)c4)CC3)ncn2)c1C. The van der Waals surface area contributed by atoms with Gasteiger partial charge in [0.1, 0.15) is 24.3 Å². The average Bonchev–Trinajstić information content (AvgIpc) is 3.12. The van der Waals surface area contributed by atoms with Crippen LogP contribution in [0.4, 0.5) is 29.5 Å². The molecule has 2 aromatic heterocycles. The van der Waals surface area contributed by atoms with Crippen LogP contribution in [0.5, 0.6) is 0 Å². The first-order valence-corrected chi connectivity index (χ1v) is 10.0. The summed E-state index contributed by atoms with van der Waals surface area (Å²) in [4.78, 5) is 29.1. The molecule has 0 atom stereocenters. The third-order valence-corrected chi connectivity index (χ3v) is 5.47. The summed E-state index contributed by atoms with van der Waals surface area (Å²) in [5, 5.41) is 2.55. The van der Waals surface area contributed by atoms with Gasteiger partial charge >= 0.3 is 12.2 Å². The largest absolute Gasteiger partial charge is 0.416 e. The minimum Gasteiger partial charge on any atom is -0.353 e. The highest BCUT2D eigenvalue weighted by molar-refractivity contribution is 5.89. The highest BCUT2D eigenvalue weighted by Gasteiger charge is 2.31. The smallest absolute Gasteiger partial charge is 0.353 e. The number of alkyl halides is 3. The molecule has 0 unspecified atom stereocenters. The van der Waals surface area contributed by atoms with E-state index in [1.54, 1.807) is 11.2 Å². The minimum atomic E-state index is -4.46. The number of aryl methyl sites for hydroxylation is 1. The summed E-state index contributed by atoms with van der Waals surface area (Å²) in [6.45, 7) is 5.78. The molecule has 1 aliphatic rings. The summed E-state index contributed by atoms with van der Waals surface area (Å²) in [6, 6.07) is 6.04. The van der Waals surface area contributed by atoms with Crippen molar-refractivity contribution < 1.29 is 18.0 Å². The normalized spacial score (nSPS) is 14.5. The van der Waals surface area contributed by atoms with E-state index in [0.29, 0.717) is 32.0 Å². The maximum atomic E-state index is 12.9. The fraction of sp³-hybridized carbons (Fsp3) is 0.333. The Morgan fingerprint density at radius 2 is 1.72 bits per heavy atom. The summed E-state index contributed by atoms with van der Waals surface area (Å²) in [7, 11) is 0. The van der Waals surface area contributed by atoms with Gasteiger partial charge in [0.15, 0.2) is 0 Å². The summed E-state index contributed by atoms with van der Waals surface area (Å²) in [5.74, 6) is 1.44.